The fraction of sp³-hybridized carbons (Fsp3) is 0.222. The lowest BCUT2D eigenvalue weighted by Gasteiger charge is -2.36. The molecule has 4 rings (SSSR count). The van der Waals surface area contributed by atoms with Crippen molar-refractivity contribution in [3.8, 4) is 0 Å². The summed E-state index contributed by atoms with van der Waals surface area (Å²) in [6, 6.07) is 10.4. The molecule has 0 bridgehead atoms. The summed E-state index contributed by atoms with van der Waals surface area (Å²) in [5, 5.41) is 0.701. The highest BCUT2D eigenvalue weighted by atomic mass is 32.2. The largest absolute Gasteiger partial charge is 0.383 e. The number of anilines is 3. The van der Waals surface area contributed by atoms with Gasteiger partial charge >= 0.3 is 0 Å². The number of nitrogen functional groups attached to an aromatic ring is 2. The Morgan fingerprint density at radius 3 is 2.29 bits per heavy atom. The number of sulfonamides is 1. The van der Waals surface area contributed by atoms with Crippen molar-refractivity contribution in [2.24, 2.45) is 0 Å². The Labute approximate surface area is 161 Å². The van der Waals surface area contributed by atoms with Gasteiger partial charge in [-0.3, -0.25) is 0 Å². The van der Waals surface area contributed by atoms with E-state index in [1.807, 2.05) is 18.2 Å². The van der Waals surface area contributed by atoms with Crippen LogP contribution >= 0.6 is 0 Å². The van der Waals surface area contributed by atoms with Crippen molar-refractivity contribution in [3.63, 3.8) is 0 Å². The van der Waals surface area contributed by atoms with E-state index in [0.717, 1.165) is 17.8 Å². The molecular formula is C18H19FN6O2S. The summed E-state index contributed by atoms with van der Waals surface area (Å²) in [4.78, 5) is 10.4. The number of halogens is 1. The smallest absolute Gasteiger partial charge is 0.243 e. The monoisotopic (exact) mass is 402 g/mol. The van der Waals surface area contributed by atoms with Gasteiger partial charge in [-0.25, -0.2) is 17.8 Å². The van der Waals surface area contributed by atoms with E-state index in [1.165, 1.54) is 16.4 Å². The standard InChI is InChI=1S/C18H19FN6O2S/c19-12-4-6-13(7-5-12)28(26,27)25-10-8-24(9-11-25)15-3-1-2-14-16(15)17(20)23-18(21)22-14/h1-7H,8-11H2,(H4,20,21,22,23). The minimum atomic E-state index is -3.67. The first-order valence-corrected chi connectivity index (χ1v) is 10.1. The number of nitrogens with two attached hydrogens (primary N) is 2. The van der Waals surface area contributed by atoms with E-state index in [2.05, 4.69) is 14.9 Å². The van der Waals surface area contributed by atoms with Crippen LogP contribution in [0.2, 0.25) is 0 Å². The number of rotatable bonds is 3. The van der Waals surface area contributed by atoms with Gasteiger partial charge in [0.25, 0.3) is 0 Å². The maximum atomic E-state index is 13.1. The van der Waals surface area contributed by atoms with E-state index in [1.54, 1.807) is 0 Å². The van der Waals surface area contributed by atoms with Crippen LogP contribution in [-0.4, -0.2) is 48.9 Å². The molecule has 0 unspecified atom stereocenters. The Hall–Kier alpha value is -2.98. The molecule has 146 valence electrons. The summed E-state index contributed by atoms with van der Waals surface area (Å²) in [5.74, 6) is -0.0722. The van der Waals surface area contributed by atoms with Crippen LogP contribution in [0.25, 0.3) is 10.9 Å². The van der Waals surface area contributed by atoms with Crippen molar-refractivity contribution >= 4 is 38.4 Å². The highest BCUT2D eigenvalue weighted by Gasteiger charge is 2.29. The molecule has 3 aromatic rings. The minimum Gasteiger partial charge on any atom is -0.383 e. The van der Waals surface area contributed by atoms with Crippen LogP contribution in [0.5, 0.6) is 0 Å². The van der Waals surface area contributed by atoms with E-state index in [9.17, 15) is 12.8 Å². The van der Waals surface area contributed by atoms with Crippen molar-refractivity contribution in [2.45, 2.75) is 4.90 Å². The third kappa shape index (κ3) is 3.20. The molecule has 1 aliphatic heterocycles. The second-order valence-electron chi connectivity index (χ2n) is 6.48. The van der Waals surface area contributed by atoms with Gasteiger partial charge in [0.2, 0.25) is 16.0 Å². The molecule has 0 spiro atoms. The molecule has 4 N–H and O–H groups in total. The topological polar surface area (TPSA) is 118 Å². The Bertz CT molecular complexity index is 1130. The number of aromatic nitrogens is 2. The van der Waals surface area contributed by atoms with Crippen molar-refractivity contribution in [3.05, 3.63) is 48.3 Å². The molecule has 1 saturated heterocycles. The number of nitrogens with zero attached hydrogens (tertiary/aromatic N) is 4. The maximum absolute atomic E-state index is 13.1. The van der Waals surface area contributed by atoms with Crippen LogP contribution in [0.3, 0.4) is 0 Å². The fourth-order valence-electron chi connectivity index (χ4n) is 3.40. The number of fused-ring (bicyclic) bond motifs is 1. The zero-order valence-electron chi connectivity index (χ0n) is 14.9. The van der Waals surface area contributed by atoms with Gasteiger partial charge in [-0.2, -0.15) is 9.29 Å². The van der Waals surface area contributed by atoms with Crippen molar-refractivity contribution in [1.82, 2.24) is 14.3 Å². The predicted octanol–water partition coefficient (Wildman–Crippen LogP) is 1.44. The molecule has 1 aliphatic rings. The molecule has 2 aromatic carbocycles. The van der Waals surface area contributed by atoms with Gasteiger partial charge in [-0.05, 0) is 36.4 Å². The molecular weight excluding hydrogens is 383 g/mol. The Morgan fingerprint density at radius 2 is 1.61 bits per heavy atom. The van der Waals surface area contributed by atoms with E-state index in [0.29, 0.717) is 42.9 Å². The van der Waals surface area contributed by atoms with E-state index >= 15 is 0 Å². The summed E-state index contributed by atoms with van der Waals surface area (Å²) >= 11 is 0. The number of piperazine rings is 1. The predicted molar refractivity (Wildman–Crippen MR) is 106 cm³/mol. The first-order valence-electron chi connectivity index (χ1n) is 8.68. The lowest BCUT2D eigenvalue weighted by atomic mass is 10.1. The van der Waals surface area contributed by atoms with Crippen LogP contribution in [0.15, 0.2) is 47.4 Å². The molecule has 0 atom stereocenters. The number of benzene rings is 2. The molecule has 8 nitrogen and oxygen atoms in total. The quantitative estimate of drug-likeness (QED) is 0.680. The molecule has 0 amide bonds. The summed E-state index contributed by atoms with van der Waals surface area (Å²) in [5.41, 5.74) is 13.2. The Morgan fingerprint density at radius 1 is 0.929 bits per heavy atom. The fourth-order valence-corrected chi connectivity index (χ4v) is 4.82. The Kier molecular flexibility index (Phi) is 4.52. The van der Waals surface area contributed by atoms with Gasteiger partial charge in [-0.1, -0.05) is 6.07 Å². The molecule has 0 saturated carbocycles. The van der Waals surface area contributed by atoms with Crippen LogP contribution in [0.4, 0.5) is 21.8 Å². The second-order valence-corrected chi connectivity index (χ2v) is 8.42. The summed E-state index contributed by atoms with van der Waals surface area (Å²) < 4.78 is 40.1. The lowest BCUT2D eigenvalue weighted by Crippen LogP contribution is -2.48. The van der Waals surface area contributed by atoms with Crippen molar-refractivity contribution < 1.29 is 12.8 Å². The molecule has 2 heterocycles. The third-order valence-electron chi connectivity index (χ3n) is 4.78. The molecule has 1 aromatic heterocycles. The average molecular weight is 402 g/mol. The van der Waals surface area contributed by atoms with Gasteiger partial charge < -0.3 is 16.4 Å². The summed E-state index contributed by atoms with van der Waals surface area (Å²) in [6.07, 6.45) is 0. The highest BCUT2D eigenvalue weighted by molar-refractivity contribution is 7.89. The van der Waals surface area contributed by atoms with Gasteiger partial charge in [0.05, 0.1) is 15.8 Å². The van der Waals surface area contributed by atoms with Gasteiger partial charge in [0.1, 0.15) is 11.6 Å². The van der Waals surface area contributed by atoms with E-state index in [4.69, 9.17) is 11.5 Å². The average Bonchev–Trinajstić information content (AvgIpc) is 2.67. The van der Waals surface area contributed by atoms with Crippen LogP contribution in [0.1, 0.15) is 0 Å². The van der Waals surface area contributed by atoms with Gasteiger partial charge in [0.15, 0.2) is 0 Å². The molecule has 0 aliphatic carbocycles. The molecule has 10 heteroatoms. The number of hydrogen-bond acceptors (Lipinski definition) is 7. The van der Waals surface area contributed by atoms with Crippen molar-refractivity contribution in [2.75, 3.05) is 42.5 Å². The zero-order chi connectivity index (χ0) is 19.9. The first-order chi connectivity index (χ1) is 13.4. The molecule has 0 radical (unpaired) electrons. The zero-order valence-corrected chi connectivity index (χ0v) is 15.7. The van der Waals surface area contributed by atoms with Crippen LogP contribution in [0, 0.1) is 5.82 Å². The third-order valence-corrected chi connectivity index (χ3v) is 6.69. The van der Waals surface area contributed by atoms with Crippen molar-refractivity contribution in [1.29, 1.82) is 0 Å². The maximum Gasteiger partial charge on any atom is 0.243 e. The molecule has 1 fully saturated rings. The van der Waals surface area contributed by atoms with E-state index < -0.39 is 15.8 Å². The first kappa shape index (κ1) is 18.4. The lowest BCUT2D eigenvalue weighted by molar-refractivity contribution is 0.385. The summed E-state index contributed by atoms with van der Waals surface area (Å²) in [6.45, 7) is 1.55. The van der Waals surface area contributed by atoms with Gasteiger partial charge in [-0.15, -0.1) is 0 Å². The van der Waals surface area contributed by atoms with Crippen LogP contribution in [-0.2, 0) is 10.0 Å². The summed E-state index contributed by atoms with van der Waals surface area (Å²) in [7, 11) is -3.67. The highest BCUT2D eigenvalue weighted by Crippen LogP contribution is 2.31. The minimum absolute atomic E-state index is 0.0839. The second kappa shape index (κ2) is 6.88. The number of hydrogen-bond donors (Lipinski definition) is 2. The SMILES string of the molecule is Nc1nc(N)c2c(N3CCN(S(=O)(=O)c4ccc(F)cc4)CC3)cccc2n1. The normalized spacial score (nSPS) is 15.8. The van der Waals surface area contributed by atoms with Gasteiger partial charge in [0, 0.05) is 31.9 Å². The Balaban J connectivity index is 1.58. The van der Waals surface area contributed by atoms with Crippen LogP contribution < -0.4 is 16.4 Å². The molecule has 28 heavy (non-hydrogen) atoms. The van der Waals surface area contributed by atoms with E-state index in [-0.39, 0.29) is 10.8 Å².